The lowest BCUT2D eigenvalue weighted by Crippen LogP contribution is -2.44. The van der Waals surface area contributed by atoms with Gasteiger partial charge in [0.05, 0.1) is 12.7 Å². The summed E-state index contributed by atoms with van der Waals surface area (Å²) < 4.78 is 0. The lowest BCUT2D eigenvalue weighted by molar-refractivity contribution is -0.132. The van der Waals surface area contributed by atoms with Gasteiger partial charge in [0.25, 0.3) is 0 Å². The molecule has 3 nitrogen and oxygen atoms in total. The molecule has 1 aliphatic heterocycles. The smallest absolute Gasteiger partial charge is 0.241 e. The number of carbonyl (C=O) groups excluding carboxylic acids is 1. The van der Waals surface area contributed by atoms with Gasteiger partial charge in [-0.15, -0.1) is 0 Å². The predicted octanol–water partition coefficient (Wildman–Crippen LogP) is 2.96. The maximum absolute atomic E-state index is 12.7. The average molecular weight is 286 g/mol. The second-order valence-electron chi connectivity index (χ2n) is 6.43. The van der Waals surface area contributed by atoms with Crippen molar-refractivity contribution in [3.8, 4) is 0 Å². The Hall–Kier alpha value is -1.35. The van der Waals surface area contributed by atoms with Crippen LogP contribution in [0.1, 0.15) is 44.6 Å². The van der Waals surface area contributed by atoms with Gasteiger partial charge >= 0.3 is 0 Å². The first-order valence-electron chi connectivity index (χ1n) is 8.37. The van der Waals surface area contributed by atoms with E-state index in [1.165, 1.54) is 37.7 Å². The standard InChI is InChI=1S/C18H26N2O/c1-2-15-10-6-7-11-17(15)20-13-19-16(18(20)21)12-14-8-4-3-5-9-14/h3-5,8-9,15-17,19H,2,6-7,10-13H2,1H3. The molecular formula is C18H26N2O. The van der Waals surface area contributed by atoms with Crippen molar-refractivity contribution in [1.82, 2.24) is 10.2 Å². The maximum Gasteiger partial charge on any atom is 0.241 e. The number of carbonyl (C=O) groups is 1. The highest BCUT2D eigenvalue weighted by Crippen LogP contribution is 2.32. The average Bonchev–Trinajstić information content (AvgIpc) is 2.89. The Kier molecular flexibility index (Phi) is 4.59. The Morgan fingerprint density at radius 2 is 1.95 bits per heavy atom. The molecule has 0 spiro atoms. The van der Waals surface area contributed by atoms with Crippen molar-refractivity contribution in [2.45, 2.75) is 57.5 Å². The molecule has 1 aromatic rings. The Morgan fingerprint density at radius 3 is 2.71 bits per heavy atom. The zero-order valence-corrected chi connectivity index (χ0v) is 12.9. The maximum atomic E-state index is 12.7. The van der Waals surface area contributed by atoms with E-state index in [0.29, 0.717) is 17.9 Å². The Labute approximate surface area is 127 Å². The van der Waals surface area contributed by atoms with E-state index >= 15 is 0 Å². The molecular weight excluding hydrogens is 260 g/mol. The van der Waals surface area contributed by atoms with E-state index < -0.39 is 0 Å². The minimum absolute atomic E-state index is 0.0353. The molecule has 114 valence electrons. The first kappa shape index (κ1) is 14.6. The molecule has 3 atom stereocenters. The monoisotopic (exact) mass is 286 g/mol. The zero-order valence-electron chi connectivity index (χ0n) is 12.9. The van der Waals surface area contributed by atoms with E-state index in [1.54, 1.807) is 0 Å². The normalized spacial score (nSPS) is 29.9. The molecule has 3 heteroatoms. The van der Waals surface area contributed by atoms with Crippen LogP contribution in [0.15, 0.2) is 30.3 Å². The fourth-order valence-corrected chi connectivity index (χ4v) is 3.94. The molecule has 1 aliphatic carbocycles. The van der Waals surface area contributed by atoms with Crippen LogP contribution in [0.2, 0.25) is 0 Å². The number of benzene rings is 1. The van der Waals surface area contributed by atoms with Crippen molar-refractivity contribution in [3.05, 3.63) is 35.9 Å². The molecule has 2 fully saturated rings. The number of nitrogens with zero attached hydrogens (tertiary/aromatic N) is 1. The minimum atomic E-state index is -0.0353. The summed E-state index contributed by atoms with van der Waals surface area (Å²) in [5, 5.41) is 3.42. The largest absolute Gasteiger partial charge is 0.325 e. The van der Waals surface area contributed by atoms with Gasteiger partial charge in [-0.2, -0.15) is 0 Å². The Morgan fingerprint density at radius 1 is 1.19 bits per heavy atom. The van der Waals surface area contributed by atoms with Crippen molar-refractivity contribution in [2.75, 3.05) is 6.67 Å². The summed E-state index contributed by atoms with van der Waals surface area (Å²) in [7, 11) is 0. The van der Waals surface area contributed by atoms with Crippen LogP contribution < -0.4 is 5.32 Å². The third-order valence-electron chi connectivity index (χ3n) is 5.17. The highest BCUT2D eigenvalue weighted by molar-refractivity contribution is 5.84. The van der Waals surface area contributed by atoms with Crippen molar-refractivity contribution < 1.29 is 4.79 Å². The summed E-state index contributed by atoms with van der Waals surface area (Å²) in [5.74, 6) is 1.00. The fraction of sp³-hybridized carbons (Fsp3) is 0.611. The van der Waals surface area contributed by atoms with Crippen molar-refractivity contribution in [1.29, 1.82) is 0 Å². The lowest BCUT2D eigenvalue weighted by atomic mass is 9.82. The molecule has 3 rings (SSSR count). The van der Waals surface area contributed by atoms with E-state index in [1.807, 2.05) is 18.2 Å². The second-order valence-corrected chi connectivity index (χ2v) is 6.43. The highest BCUT2D eigenvalue weighted by atomic mass is 16.2. The second kappa shape index (κ2) is 6.61. The Balaban J connectivity index is 1.65. The van der Waals surface area contributed by atoms with Gasteiger partial charge in [-0.05, 0) is 30.7 Å². The fourth-order valence-electron chi connectivity index (χ4n) is 3.94. The van der Waals surface area contributed by atoms with Crippen LogP contribution in [-0.2, 0) is 11.2 Å². The van der Waals surface area contributed by atoms with Crippen LogP contribution in [0.4, 0.5) is 0 Å². The lowest BCUT2D eigenvalue weighted by Gasteiger charge is -2.37. The molecule has 1 N–H and O–H groups in total. The third kappa shape index (κ3) is 3.13. The van der Waals surface area contributed by atoms with Crippen molar-refractivity contribution in [3.63, 3.8) is 0 Å². The van der Waals surface area contributed by atoms with Gasteiger partial charge in [-0.3, -0.25) is 10.1 Å². The minimum Gasteiger partial charge on any atom is -0.325 e. The SMILES string of the molecule is CCC1CCCCC1N1CNC(Cc2ccccc2)C1=O. The highest BCUT2D eigenvalue weighted by Gasteiger charge is 2.38. The summed E-state index contributed by atoms with van der Waals surface area (Å²) in [4.78, 5) is 14.9. The summed E-state index contributed by atoms with van der Waals surface area (Å²) in [6.07, 6.45) is 7.07. The van der Waals surface area contributed by atoms with E-state index in [9.17, 15) is 4.79 Å². The van der Waals surface area contributed by atoms with Gasteiger partial charge in [0.2, 0.25) is 5.91 Å². The number of amides is 1. The van der Waals surface area contributed by atoms with E-state index in [4.69, 9.17) is 0 Å². The molecule has 0 aromatic heterocycles. The summed E-state index contributed by atoms with van der Waals surface area (Å²) in [5.41, 5.74) is 1.24. The molecule has 1 amide bonds. The van der Waals surface area contributed by atoms with E-state index in [-0.39, 0.29) is 6.04 Å². The van der Waals surface area contributed by atoms with E-state index in [0.717, 1.165) is 13.1 Å². The molecule has 3 unspecified atom stereocenters. The molecule has 0 radical (unpaired) electrons. The number of hydrogen-bond donors (Lipinski definition) is 1. The first-order chi connectivity index (χ1) is 10.3. The van der Waals surface area contributed by atoms with Gasteiger partial charge in [-0.1, -0.05) is 56.5 Å². The quantitative estimate of drug-likeness (QED) is 0.923. The number of hydrogen-bond acceptors (Lipinski definition) is 2. The topological polar surface area (TPSA) is 32.3 Å². The summed E-state index contributed by atoms with van der Waals surface area (Å²) >= 11 is 0. The number of rotatable bonds is 4. The predicted molar refractivity (Wildman–Crippen MR) is 84.8 cm³/mol. The van der Waals surface area contributed by atoms with Gasteiger partial charge in [0, 0.05) is 6.04 Å². The van der Waals surface area contributed by atoms with Gasteiger partial charge in [-0.25, -0.2) is 0 Å². The molecule has 2 aliphatic rings. The molecule has 21 heavy (non-hydrogen) atoms. The molecule has 1 heterocycles. The number of nitrogens with one attached hydrogen (secondary N) is 1. The first-order valence-corrected chi connectivity index (χ1v) is 8.37. The third-order valence-corrected chi connectivity index (χ3v) is 5.17. The van der Waals surface area contributed by atoms with E-state index in [2.05, 4.69) is 29.3 Å². The summed E-state index contributed by atoms with van der Waals surface area (Å²) in [6.45, 7) is 3.00. The van der Waals surface area contributed by atoms with Crippen molar-refractivity contribution >= 4 is 5.91 Å². The van der Waals surface area contributed by atoms with Crippen molar-refractivity contribution in [2.24, 2.45) is 5.92 Å². The van der Waals surface area contributed by atoms with Gasteiger partial charge in [0.1, 0.15) is 0 Å². The molecule has 0 bridgehead atoms. The Bertz CT molecular complexity index is 473. The van der Waals surface area contributed by atoms with Crippen LogP contribution in [0.25, 0.3) is 0 Å². The van der Waals surface area contributed by atoms with Crippen LogP contribution in [0.3, 0.4) is 0 Å². The van der Waals surface area contributed by atoms with Crippen LogP contribution in [0, 0.1) is 5.92 Å². The molecule has 1 saturated heterocycles. The van der Waals surface area contributed by atoms with Gasteiger partial charge < -0.3 is 4.90 Å². The van der Waals surface area contributed by atoms with Crippen LogP contribution >= 0.6 is 0 Å². The van der Waals surface area contributed by atoms with Crippen LogP contribution in [-0.4, -0.2) is 29.6 Å². The molecule has 1 aromatic carbocycles. The summed E-state index contributed by atoms with van der Waals surface area (Å²) in [6, 6.07) is 10.7. The molecule has 1 saturated carbocycles. The van der Waals surface area contributed by atoms with Gasteiger partial charge in [0.15, 0.2) is 0 Å². The zero-order chi connectivity index (χ0) is 14.7. The van der Waals surface area contributed by atoms with Crippen LogP contribution in [0.5, 0.6) is 0 Å².